The van der Waals surface area contributed by atoms with Gasteiger partial charge in [0.05, 0.1) is 12.5 Å². The number of aliphatic carboxylic acids is 1. The highest BCUT2D eigenvalue weighted by molar-refractivity contribution is 5.89. The summed E-state index contributed by atoms with van der Waals surface area (Å²) in [5.74, 6) is -5.26. The van der Waals surface area contributed by atoms with Gasteiger partial charge in [-0.05, 0) is 31.0 Å². The summed E-state index contributed by atoms with van der Waals surface area (Å²) in [5.41, 5.74) is -1.94. The highest BCUT2D eigenvalue weighted by atomic mass is 19.3. The van der Waals surface area contributed by atoms with Gasteiger partial charge in [0.2, 0.25) is 0 Å². The first kappa shape index (κ1) is 13.8. The number of carboxylic acids is 1. The van der Waals surface area contributed by atoms with E-state index in [1.807, 2.05) is 6.92 Å². The molecule has 0 aliphatic heterocycles. The molecule has 1 aromatic carbocycles. The van der Waals surface area contributed by atoms with Gasteiger partial charge in [0, 0.05) is 0 Å². The lowest BCUT2D eigenvalue weighted by Gasteiger charge is -2.13. The van der Waals surface area contributed by atoms with Crippen LogP contribution in [0, 0.1) is 5.92 Å². The quantitative estimate of drug-likeness (QED) is 0.894. The fraction of sp³-hybridized carbons (Fsp3) is 0.500. The van der Waals surface area contributed by atoms with Crippen molar-refractivity contribution in [3.8, 4) is 5.75 Å². The van der Waals surface area contributed by atoms with Crippen molar-refractivity contribution in [2.75, 3.05) is 6.61 Å². The Morgan fingerprint density at radius 3 is 2.26 bits per heavy atom. The van der Waals surface area contributed by atoms with Crippen molar-refractivity contribution >= 4 is 5.97 Å². The van der Waals surface area contributed by atoms with Crippen molar-refractivity contribution in [2.45, 2.75) is 31.6 Å². The smallest absolute Gasteiger partial charge is 0.320 e. The summed E-state index contributed by atoms with van der Waals surface area (Å²) in [6.07, 6.45) is 0.131. The first-order valence-corrected chi connectivity index (χ1v) is 6.27. The van der Waals surface area contributed by atoms with E-state index in [0.29, 0.717) is 12.4 Å². The van der Waals surface area contributed by atoms with Crippen LogP contribution in [-0.2, 0) is 10.2 Å². The first-order valence-electron chi connectivity index (χ1n) is 6.27. The minimum absolute atomic E-state index is 0.131. The topological polar surface area (TPSA) is 46.5 Å². The highest BCUT2D eigenvalue weighted by Gasteiger charge is 2.84. The number of carboxylic acid groups (broad SMARTS) is 1. The number of carbonyl (C=O) groups is 1. The summed E-state index contributed by atoms with van der Waals surface area (Å²) in [5, 5.41) is 9.26. The van der Waals surface area contributed by atoms with Crippen molar-refractivity contribution in [3.63, 3.8) is 0 Å². The molecule has 2 unspecified atom stereocenters. The molecule has 0 amide bonds. The van der Waals surface area contributed by atoms with Crippen molar-refractivity contribution in [3.05, 3.63) is 29.8 Å². The third kappa shape index (κ3) is 1.71. The van der Waals surface area contributed by atoms with E-state index >= 15 is 0 Å². The largest absolute Gasteiger partial charge is 0.494 e. The Morgan fingerprint density at radius 1 is 1.32 bits per heavy atom. The molecule has 1 aliphatic carbocycles. The maximum Gasteiger partial charge on any atom is 0.320 e. The van der Waals surface area contributed by atoms with E-state index < -0.39 is 23.2 Å². The molecule has 1 N–H and O–H groups in total. The number of hydrogen-bond donors (Lipinski definition) is 1. The molecule has 3 nitrogen and oxygen atoms in total. The summed E-state index contributed by atoms with van der Waals surface area (Å²) >= 11 is 0. The monoisotopic (exact) mass is 270 g/mol. The van der Waals surface area contributed by atoms with Crippen molar-refractivity contribution in [1.29, 1.82) is 0 Å². The van der Waals surface area contributed by atoms with E-state index in [4.69, 9.17) is 4.74 Å². The Morgan fingerprint density at radius 2 is 1.89 bits per heavy atom. The van der Waals surface area contributed by atoms with Crippen molar-refractivity contribution < 1.29 is 23.4 Å². The minimum atomic E-state index is -3.19. The Balaban J connectivity index is 2.40. The molecule has 1 aliphatic rings. The van der Waals surface area contributed by atoms with Crippen LogP contribution in [0.1, 0.15) is 25.8 Å². The van der Waals surface area contributed by atoms with Gasteiger partial charge in [-0.2, -0.15) is 0 Å². The molecular weight excluding hydrogens is 254 g/mol. The number of hydrogen-bond acceptors (Lipinski definition) is 2. The van der Waals surface area contributed by atoms with Crippen molar-refractivity contribution in [2.24, 2.45) is 5.92 Å². The van der Waals surface area contributed by atoms with Gasteiger partial charge in [-0.1, -0.05) is 19.1 Å². The SMILES string of the molecule is CCOc1ccc(C2(C(=O)O)C(CC)C2(F)F)cc1. The van der Waals surface area contributed by atoms with Crippen LogP contribution in [0.25, 0.3) is 0 Å². The molecule has 2 atom stereocenters. The third-order valence-corrected chi connectivity index (χ3v) is 3.77. The molecule has 0 heterocycles. The van der Waals surface area contributed by atoms with Gasteiger partial charge in [-0.15, -0.1) is 0 Å². The molecule has 104 valence electrons. The summed E-state index contributed by atoms with van der Waals surface area (Å²) in [4.78, 5) is 11.4. The number of halogens is 2. The van der Waals surface area contributed by atoms with Crippen molar-refractivity contribution in [1.82, 2.24) is 0 Å². The van der Waals surface area contributed by atoms with E-state index in [2.05, 4.69) is 0 Å². The molecule has 0 bridgehead atoms. The lowest BCUT2D eigenvalue weighted by atomic mass is 9.92. The number of benzene rings is 1. The van der Waals surface area contributed by atoms with Crippen LogP contribution in [0.3, 0.4) is 0 Å². The number of rotatable bonds is 5. The Bertz CT molecular complexity index is 484. The second kappa shape index (κ2) is 4.47. The van der Waals surface area contributed by atoms with Crippen LogP contribution in [0.2, 0.25) is 0 Å². The number of alkyl halides is 2. The lowest BCUT2D eigenvalue weighted by molar-refractivity contribution is -0.143. The predicted octanol–water partition coefficient (Wildman–Crippen LogP) is 3.08. The van der Waals surface area contributed by atoms with Gasteiger partial charge >= 0.3 is 5.97 Å². The van der Waals surface area contributed by atoms with Crippen LogP contribution < -0.4 is 4.74 Å². The van der Waals surface area contributed by atoms with E-state index in [1.54, 1.807) is 6.92 Å². The molecule has 5 heteroatoms. The zero-order valence-electron chi connectivity index (χ0n) is 10.8. The molecule has 1 saturated carbocycles. The molecule has 0 radical (unpaired) electrons. The standard InChI is InChI=1S/C14H16F2O3/c1-3-11-13(12(17)18,14(11,15)16)9-5-7-10(8-6-9)19-4-2/h5-8,11H,3-4H2,1-2H3,(H,17,18). The fourth-order valence-corrected chi connectivity index (χ4v) is 2.83. The van der Waals surface area contributed by atoms with E-state index in [0.717, 1.165) is 0 Å². The molecule has 2 rings (SSSR count). The van der Waals surface area contributed by atoms with Crippen LogP contribution in [0.15, 0.2) is 24.3 Å². The van der Waals surface area contributed by atoms with E-state index in [1.165, 1.54) is 24.3 Å². The fourth-order valence-electron chi connectivity index (χ4n) is 2.83. The normalized spacial score (nSPS) is 27.9. The first-order chi connectivity index (χ1) is 8.92. The van der Waals surface area contributed by atoms with E-state index in [-0.39, 0.29) is 12.0 Å². The Kier molecular flexibility index (Phi) is 3.24. The lowest BCUT2D eigenvalue weighted by Crippen LogP contribution is -2.27. The Labute approximate surface area is 110 Å². The zero-order chi connectivity index (χ0) is 14.3. The summed E-state index contributed by atoms with van der Waals surface area (Å²) in [6, 6.07) is 5.90. The van der Waals surface area contributed by atoms with E-state index in [9.17, 15) is 18.7 Å². The average Bonchev–Trinajstić information content (AvgIpc) is 2.88. The molecule has 1 aromatic rings. The zero-order valence-corrected chi connectivity index (χ0v) is 10.8. The van der Waals surface area contributed by atoms with Gasteiger partial charge in [0.1, 0.15) is 5.75 Å². The van der Waals surface area contributed by atoms with Gasteiger partial charge in [-0.25, -0.2) is 8.78 Å². The molecule has 0 spiro atoms. The summed E-state index contributed by atoms with van der Waals surface area (Å²) in [6.45, 7) is 3.86. The molecule has 19 heavy (non-hydrogen) atoms. The summed E-state index contributed by atoms with van der Waals surface area (Å²) in [7, 11) is 0. The highest BCUT2D eigenvalue weighted by Crippen LogP contribution is 2.68. The Hall–Kier alpha value is -1.65. The van der Waals surface area contributed by atoms with Crippen LogP contribution >= 0.6 is 0 Å². The number of ether oxygens (including phenoxy) is 1. The second-order valence-corrected chi connectivity index (χ2v) is 4.65. The maximum atomic E-state index is 13.9. The maximum absolute atomic E-state index is 13.9. The van der Waals surface area contributed by atoms with Gasteiger partial charge in [0.15, 0.2) is 5.41 Å². The van der Waals surface area contributed by atoms with Gasteiger partial charge in [-0.3, -0.25) is 4.79 Å². The van der Waals surface area contributed by atoms with Gasteiger partial charge in [0.25, 0.3) is 5.92 Å². The average molecular weight is 270 g/mol. The predicted molar refractivity (Wildman–Crippen MR) is 65.7 cm³/mol. The third-order valence-electron chi connectivity index (χ3n) is 3.77. The van der Waals surface area contributed by atoms with Crippen LogP contribution in [0.4, 0.5) is 8.78 Å². The summed E-state index contributed by atoms with van der Waals surface area (Å²) < 4.78 is 33.0. The molecule has 0 saturated heterocycles. The molecular formula is C14H16F2O3. The molecule has 0 aromatic heterocycles. The minimum Gasteiger partial charge on any atom is -0.494 e. The second-order valence-electron chi connectivity index (χ2n) is 4.65. The molecule has 1 fully saturated rings. The van der Waals surface area contributed by atoms with Gasteiger partial charge < -0.3 is 9.84 Å². The van der Waals surface area contributed by atoms with Crippen LogP contribution in [-0.4, -0.2) is 23.6 Å². The van der Waals surface area contributed by atoms with Crippen LogP contribution in [0.5, 0.6) is 5.75 Å².